The van der Waals surface area contributed by atoms with Crippen LogP contribution in [0.4, 0.5) is 0 Å². The molecule has 1 aromatic rings. The van der Waals surface area contributed by atoms with Crippen LogP contribution in [0.2, 0.25) is 5.02 Å². The summed E-state index contributed by atoms with van der Waals surface area (Å²) >= 11 is 6.06. The molecule has 1 amide bonds. The van der Waals surface area contributed by atoms with Crippen LogP contribution in [0.15, 0.2) is 12.1 Å². The Balaban J connectivity index is 0.00000127. The van der Waals surface area contributed by atoms with Crippen molar-refractivity contribution in [2.75, 3.05) is 20.1 Å². The fourth-order valence-electron chi connectivity index (χ4n) is 2.74. The van der Waals surface area contributed by atoms with Gasteiger partial charge in [0.2, 0.25) is 0 Å². The summed E-state index contributed by atoms with van der Waals surface area (Å²) in [5.41, 5.74) is 0.858. The molecule has 23 heavy (non-hydrogen) atoms. The zero-order chi connectivity index (χ0) is 17.6. The Morgan fingerprint density at radius 1 is 1.35 bits per heavy atom. The number of ether oxygens (including phenoxy) is 1. The number of carbonyl (C=O) groups is 1. The molecule has 0 radical (unpaired) electrons. The van der Waals surface area contributed by atoms with Crippen LogP contribution in [0, 0.1) is 0 Å². The highest BCUT2D eigenvalue weighted by Gasteiger charge is 2.24. The van der Waals surface area contributed by atoms with Gasteiger partial charge in [-0.15, -0.1) is 0 Å². The van der Waals surface area contributed by atoms with Gasteiger partial charge in [0.05, 0.1) is 17.8 Å². The summed E-state index contributed by atoms with van der Waals surface area (Å²) in [5, 5.41) is 13.2. The minimum Gasteiger partial charge on any atom is -0.507 e. The van der Waals surface area contributed by atoms with Gasteiger partial charge in [-0.2, -0.15) is 0 Å². The zero-order valence-electron chi connectivity index (χ0n) is 14.5. The van der Waals surface area contributed by atoms with E-state index in [4.69, 9.17) is 16.3 Å². The number of rotatable bonds is 3. The Labute approximate surface area is 143 Å². The number of nitrogens with zero attached hydrogens (tertiary/aromatic N) is 1. The van der Waals surface area contributed by atoms with Gasteiger partial charge in [-0.1, -0.05) is 25.4 Å². The predicted octanol–water partition coefficient (Wildman–Crippen LogP) is 3.04. The van der Waals surface area contributed by atoms with E-state index in [9.17, 15) is 9.90 Å². The van der Waals surface area contributed by atoms with Gasteiger partial charge in [0.1, 0.15) is 5.75 Å². The van der Waals surface area contributed by atoms with Gasteiger partial charge in [0, 0.05) is 37.3 Å². The van der Waals surface area contributed by atoms with Crippen molar-refractivity contribution in [3.8, 4) is 5.75 Å². The molecule has 0 aromatic heterocycles. The van der Waals surface area contributed by atoms with Crippen molar-refractivity contribution in [1.29, 1.82) is 0 Å². The highest BCUT2D eigenvalue weighted by Crippen LogP contribution is 2.29. The fraction of sp³-hybridized carbons (Fsp3) is 0.588. The second kappa shape index (κ2) is 9.11. The first-order valence-corrected chi connectivity index (χ1v) is 8.39. The van der Waals surface area contributed by atoms with Gasteiger partial charge in [0.15, 0.2) is 0 Å². The maximum atomic E-state index is 11.8. The topological polar surface area (TPSA) is 61.8 Å². The number of aromatic hydroxyl groups is 1. The third-order valence-corrected chi connectivity index (χ3v) is 3.73. The normalized spacial score (nSPS) is 21.3. The second-order valence-electron chi connectivity index (χ2n) is 5.49. The van der Waals surface area contributed by atoms with Crippen molar-refractivity contribution in [2.45, 2.75) is 46.4 Å². The van der Waals surface area contributed by atoms with Crippen molar-refractivity contribution >= 4 is 17.5 Å². The van der Waals surface area contributed by atoms with E-state index < -0.39 is 0 Å². The van der Waals surface area contributed by atoms with E-state index in [-0.39, 0.29) is 29.4 Å². The van der Waals surface area contributed by atoms with Crippen molar-refractivity contribution in [1.82, 2.24) is 10.2 Å². The Bertz CT molecular complexity index is 527. The van der Waals surface area contributed by atoms with Gasteiger partial charge in [-0.05, 0) is 26.0 Å². The molecule has 2 rings (SSSR count). The van der Waals surface area contributed by atoms with E-state index in [0.29, 0.717) is 17.1 Å². The number of halogens is 1. The van der Waals surface area contributed by atoms with Gasteiger partial charge in [-0.25, -0.2) is 0 Å². The minimum absolute atomic E-state index is 0.00875. The molecule has 1 fully saturated rings. The Morgan fingerprint density at radius 2 is 1.91 bits per heavy atom. The van der Waals surface area contributed by atoms with E-state index in [1.165, 1.54) is 13.1 Å². The Hall–Kier alpha value is -1.30. The molecule has 0 spiro atoms. The number of hydrogen-bond donors (Lipinski definition) is 2. The lowest BCUT2D eigenvalue weighted by Crippen LogP contribution is -2.44. The molecule has 0 bridgehead atoms. The minimum atomic E-state index is -0.347. The predicted molar refractivity (Wildman–Crippen MR) is 93.1 cm³/mol. The van der Waals surface area contributed by atoms with Crippen LogP contribution in [0.3, 0.4) is 0 Å². The van der Waals surface area contributed by atoms with Crippen molar-refractivity contribution in [2.24, 2.45) is 0 Å². The molecule has 1 aliphatic heterocycles. The van der Waals surface area contributed by atoms with E-state index in [2.05, 4.69) is 10.2 Å². The first kappa shape index (κ1) is 19.7. The molecule has 1 unspecified atom stereocenters. The number of morpholine rings is 1. The largest absolute Gasteiger partial charge is 0.507 e. The van der Waals surface area contributed by atoms with Gasteiger partial charge < -0.3 is 15.2 Å². The zero-order valence-corrected chi connectivity index (χ0v) is 15.3. The number of amides is 1. The van der Waals surface area contributed by atoms with Crippen molar-refractivity contribution in [3.05, 3.63) is 28.3 Å². The molecule has 1 heterocycles. The molecule has 1 aromatic carbocycles. The van der Waals surface area contributed by atoms with Crippen molar-refractivity contribution < 1.29 is 14.6 Å². The third kappa shape index (κ3) is 5.37. The number of phenols is 1. The van der Waals surface area contributed by atoms with Crippen molar-refractivity contribution in [3.63, 3.8) is 0 Å². The van der Waals surface area contributed by atoms with E-state index in [1.54, 1.807) is 6.07 Å². The van der Waals surface area contributed by atoms with Crippen LogP contribution < -0.4 is 5.32 Å². The average Bonchev–Trinajstić information content (AvgIpc) is 2.50. The molecular weight excluding hydrogens is 316 g/mol. The third-order valence-electron chi connectivity index (χ3n) is 3.51. The second-order valence-corrected chi connectivity index (χ2v) is 5.93. The fourth-order valence-corrected chi connectivity index (χ4v) is 2.98. The lowest BCUT2D eigenvalue weighted by atomic mass is 10.1. The maximum absolute atomic E-state index is 11.8. The van der Waals surface area contributed by atoms with Crippen LogP contribution in [0.25, 0.3) is 0 Å². The highest BCUT2D eigenvalue weighted by atomic mass is 35.5. The number of nitrogens with one attached hydrogen (secondary N) is 1. The molecule has 1 saturated heterocycles. The lowest BCUT2D eigenvalue weighted by molar-refractivity contribution is -0.0706. The molecule has 5 nitrogen and oxygen atoms in total. The van der Waals surface area contributed by atoms with Crippen LogP contribution in [0.1, 0.15) is 43.6 Å². The number of hydrogen-bond acceptors (Lipinski definition) is 4. The van der Waals surface area contributed by atoms with Crippen LogP contribution in [-0.2, 0) is 11.3 Å². The number of benzene rings is 1. The molecule has 130 valence electrons. The standard InChI is InChI=1S/C15H21ClN2O3.C2H6/c1-9-6-18(7-10(2)21-9)8-11-4-12(16)5-13(14(11)19)15(20)17-3;1-2/h4-5,9-10,19H,6-8H2,1-3H3,(H,17,20);1-2H3/t9-,10?;/m1./s1. The van der Waals surface area contributed by atoms with E-state index >= 15 is 0 Å². The molecule has 1 aliphatic rings. The first-order chi connectivity index (χ1) is 10.9. The summed E-state index contributed by atoms with van der Waals surface area (Å²) in [6.07, 6.45) is 0.293. The molecule has 2 atom stereocenters. The summed E-state index contributed by atoms with van der Waals surface area (Å²) in [7, 11) is 1.52. The molecule has 6 heteroatoms. The number of carbonyl (C=O) groups excluding carboxylic acids is 1. The van der Waals surface area contributed by atoms with Gasteiger partial charge >= 0.3 is 0 Å². The molecular formula is C17H27ClN2O3. The van der Waals surface area contributed by atoms with Gasteiger partial charge in [0.25, 0.3) is 5.91 Å². The molecule has 0 aliphatic carbocycles. The first-order valence-electron chi connectivity index (χ1n) is 8.02. The lowest BCUT2D eigenvalue weighted by Gasteiger charge is -2.35. The summed E-state index contributed by atoms with van der Waals surface area (Å²) in [5.74, 6) is -0.356. The Morgan fingerprint density at radius 3 is 2.43 bits per heavy atom. The highest BCUT2D eigenvalue weighted by molar-refractivity contribution is 6.31. The summed E-state index contributed by atoms with van der Waals surface area (Å²) in [6, 6.07) is 3.18. The quantitative estimate of drug-likeness (QED) is 0.886. The van der Waals surface area contributed by atoms with Gasteiger partial charge in [-0.3, -0.25) is 9.69 Å². The summed E-state index contributed by atoms with van der Waals surface area (Å²) < 4.78 is 5.69. The number of phenolic OH excluding ortho intramolecular Hbond substituents is 1. The summed E-state index contributed by atoms with van der Waals surface area (Å²) in [6.45, 7) is 10.2. The monoisotopic (exact) mass is 342 g/mol. The van der Waals surface area contributed by atoms with Crippen LogP contribution in [0.5, 0.6) is 5.75 Å². The van der Waals surface area contributed by atoms with E-state index in [1.807, 2.05) is 27.7 Å². The Kier molecular flexibility index (Phi) is 7.82. The smallest absolute Gasteiger partial charge is 0.254 e. The SMILES string of the molecule is CC.CNC(=O)c1cc(Cl)cc(CN2CC(C)O[C@H](C)C2)c1O. The molecule has 0 saturated carbocycles. The molecule has 2 N–H and O–H groups in total. The van der Waals surface area contributed by atoms with Crippen LogP contribution in [-0.4, -0.2) is 48.3 Å². The summed E-state index contributed by atoms with van der Waals surface area (Å²) in [4.78, 5) is 14.0. The average molecular weight is 343 g/mol. The maximum Gasteiger partial charge on any atom is 0.254 e. The van der Waals surface area contributed by atoms with Crippen LogP contribution >= 0.6 is 11.6 Å². The van der Waals surface area contributed by atoms with E-state index in [0.717, 1.165) is 13.1 Å².